The van der Waals surface area contributed by atoms with Crippen molar-refractivity contribution in [2.75, 3.05) is 13.1 Å². The normalized spacial score (nSPS) is 18.2. The Kier molecular flexibility index (Phi) is 3.58. The van der Waals surface area contributed by atoms with Crippen LogP contribution in [0.5, 0.6) is 5.88 Å². The molecule has 0 bridgehead atoms. The molecule has 1 saturated heterocycles. The zero-order valence-electron chi connectivity index (χ0n) is 10.9. The van der Waals surface area contributed by atoms with E-state index < -0.39 is 0 Å². The first-order valence-electron chi connectivity index (χ1n) is 6.49. The van der Waals surface area contributed by atoms with Crippen LogP contribution in [0.3, 0.4) is 0 Å². The third-order valence-electron chi connectivity index (χ3n) is 3.19. The molecular weight excluding hydrogens is 258 g/mol. The standard InChI is InChI=1S/C13H15N5O2/c19-13(8-18-10-14-9-16-18)17-6-4-11(7-17)20-12-3-1-2-5-15-12/h1-3,5,9-11H,4,6-8H2/t11-/m1/s1. The molecule has 1 fully saturated rings. The highest BCUT2D eigenvalue weighted by Crippen LogP contribution is 2.16. The number of hydrogen-bond acceptors (Lipinski definition) is 5. The van der Waals surface area contributed by atoms with Gasteiger partial charge in [-0.15, -0.1) is 0 Å². The van der Waals surface area contributed by atoms with E-state index in [9.17, 15) is 4.79 Å². The molecular formula is C13H15N5O2. The minimum atomic E-state index is 0.00426. The number of pyridine rings is 1. The van der Waals surface area contributed by atoms with Gasteiger partial charge in [0.1, 0.15) is 25.3 Å². The van der Waals surface area contributed by atoms with Gasteiger partial charge in [-0.2, -0.15) is 5.10 Å². The smallest absolute Gasteiger partial charge is 0.244 e. The monoisotopic (exact) mass is 273 g/mol. The van der Waals surface area contributed by atoms with Crippen molar-refractivity contribution in [2.45, 2.75) is 19.1 Å². The molecule has 0 saturated carbocycles. The summed E-state index contributed by atoms with van der Waals surface area (Å²) in [5.74, 6) is 0.630. The fraction of sp³-hybridized carbons (Fsp3) is 0.385. The molecule has 1 aliphatic rings. The molecule has 0 aliphatic carbocycles. The third-order valence-corrected chi connectivity index (χ3v) is 3.19. The minimum Gasteiger partial charge on any atom is -0.472 e. The van der Waals surface area contributed by atoms with Crippen molar-refractivity contribution < 1.29 is 9.53 Å². The predicted octanol–water partition coefficient (Wildman–Crippen LogP) is 0.353. The summed E-state index contributed by atoms with van der Waals surface area (Å²) < 4.78 is 7.27. The number of nitrogens with zero attached hydrogens (tertiary/aromatic N) is 5. The molecule has 0 aromatic carbocycles. The van der Waals surface area contributed by atoms with Gasteiger partial charge in [0.2, 0.25) is 11.8 Å². The Labute approximate surface area is 116 Å². The Bertz CT molecular complexity index is 557. The number of carbonyl (C=O) groups is 1. The van der Waals surface area contributed by atoms with Gasteiger partial charge in [-0.25, -0.2) is 14.6 Å². The van der Waals surface area contributed by atoms with Gasteiger partial charge in [0.15, 0.2) is 0 Å². The van der Waals surface area contributed by atoms with Gasteiger partial charge in [0, 0.05) is 25.2 Å². The van der Waals surface area contributed by atoms with Crippen molar-refractivity contribution in [1.82, 2.24) is 24.6 Å². The van der Waals surface area contributed by atoms with Crippen LogP contribution >= 0.6 is 0 Å². The summed E-state index contributed by atoms with van der Waals surface area (Å²) in [6.45, 7) is 1.51. The highest BCUT2D eigenvalue weighted by Gasteiger charge is 2.27. The van der Waals surface area contributed by atoms with Gasteiger partial charge in [0.25, 0.3) is 0 Å². The number of carbonyl (C=O) groups excluding carboxylic acids is 1. The first-order valence-corrected chi connectivity index (χ1v) is 6.49. The number of ether oxygens (including phenoxy) is 1. The van der Waals surface area contributed by atoms with Crippen LogP contribution in [0.15, 0.2) is 37.1 Å². The summed E-state index contributed by atoms with van der Waals surface area (Å²) in [5.41, 5.74) is 0. The first-order chi connectivity index (χ1) is 9.81. The molecule has 0 radical (unpaired) electrons. The van der Waals surface area contributed by atoms with Gasteiger partial charge in [0.05, 0.1) is 6.54 Å². The molecule has 0 N–H and O–H groups in total. The van der Waals surface area contributed by atoms with E-state index in [1.807, 2.05) is 18.2 Å². The van der Waals surface area contributed by atoms with E-state index in [0.717, 1.165) is 6.42 Å². The Morgan fingerprint density at radius 1 is 1.45 bits per heavy atom. The van der Waals surface area contributed by atoms with Gasteiger partial charge in [-0.3, -0.25) is 4.79 Å². The molecule has 0 unspecified atom stereocenters. The molecule has 1 aliphatic heterocycles. The van der Waals surface area contributed by atoms with E-state index in [2.05, 4.69) is 15.1 Å². The zero-order valence-corrected chi connectivity index (χ0v) is 10.9. The lowest BCUT2D eigenvalue weighted by molar-refractivity contribution is -0.131. The maximum Gasteiger partial charge on any atom is 0.244 e. The van der Waals surface area contributed by atoms with E-state index in [-0.39, 0.29) is 18.6 Å². The lowest BCUT2D eigenvalue weighted by atomic mass is 10.3. The van der Waals surface area contributed by atoms with Crippen molar-refractivity contribution in [2.24, 2.45) is 0 Å². The van der Waals surface area contributed by atoms with Crippen LogP contribution in [0, 0.1) is 0 Å². The molecule has 2 aromatic rings. The van der Waals surface area contributed by atoms with E-state index in [4.69, 9.17) is 4.74 Å². The molecule has 3 heterocycles. The summed E-state index contributed by atoms with van der Waals surface area (Å²) >= 11 is 0. The summed E-state index contributed by atoms with van der Waals surface area (Å²) in [5, 5.41) is 3.93. The third kappa shape index (κ3) is 2.93. The number of aromatic nitrogens is 4. The fourth-order valence-corrected chi connectivity index (χ4v) is 2.19. The largest absolute Gasteiger partial charge is 0.472 e. The van der Waals surface area contributed by atoms with Gasteiger partial charge in [-0.1, -0.05) is 6.07 Å². The Balaban J connectivity index is 1.53. The molecule has 0 spiro atoms. The fourth-order valence-electron chi connectivity index (χ4n) is 2.19. The summed E-state index contributed by atoms with van der Waals surface area (Å²) in [4.78, 5) is 21.8. The zero-order chi connectivity index (χ0) is 13.8. The number of rotatable bonds is 4. The average molecular weight is 273 g/mol. The lowest BCUT2D eigenvalue weighted by Crippen LogP contribution is -2.33. The lowest BCUT2D eigenvalue weighted by Gasteiger charge is -2.16. The van der Waals surface area contributed by atoms with E-state index in [1.165, 1.54) is 17.3 Å². The maximum absolute atomic E-state index is 12.1. The van der Waals surface area contributed by atoms with Crippen molar-refractivity contribution >= 4 is 5.91 Å². The van der Waals surface area contributed by atoms with Crippen molar-refractivity contribution in [1.29, 1.82) is 0 Å². The van der Waals surface area contributed by atoms with Crippen molar-refractivity contribution in [3.63, 3.8) is 0 Å². The van der Waals surface area contributed by atoms with Gasteiger partial charge in [-0.05, 0) is 6.07 Å². The van der Waals surface area contributed by atoms with Crippen LogP contribution in [-0.2, 0) is 11.3 Å². The second kappa shape index (κ2) is 5.68. The average Bonchev–Trinajstić information content (AvgIpc) is 3.11. The minimum absolute atomic E-state index is 0.00426. The topological polar surface area (TPSA) is 73.1 Å². The summed E-state index contributed by atoms with van der Waals surface area (Å²) in [6.07, 6.45) is 5.47. The molecule has 7 heteroatoms. The van der Waals surface area contributed by atoms with Crippen LogP contribution in [0.4, 0.5) is 0 Å². The molecule has 1 atom stereocenters. The Hall–Kier alpha value is -2.44. The van der Waals surface area contributed by atoms with Gasteiger partial charge >= 0.3 is 0 Å². The van der Waals surface area contributed by atoms with Crippen LogP contribution in [-0.4, -0.2) is 49.7 Å². The molecule has 2 aromatic heterocycles. The van der Waals surface area contributed by atoms with Crippen molar-refractivity contribution in [3.05, 3.63) is 37.1 Å². The molecule has 104 valence electrons. The summed E-state index contributed by atoms with van der Waals surface area (Å²) in [6, 6.07) is 5.54. The molecule has 7 nitrogen and oxygen atoms in total. The maximum atomic E-state index is 12.1. The van der Waals surface area contributed by atoms with Crippen molar-refractivity contribution in [3.8, 4) is 5.88 Å². The van der Waals surface area contributed by atoms with E-state index in [0.29, 0.717) is 19.0 Å². The van der Waals surface area contributed by atoms with Crippen LogP contribution in [0.2, 0.25) is 0 Å². The first kappa shape index (κ1) is 12.6. The molecule has 3 rings (SSSR count). The summed E-state index contributed by atoms with van der Waals surface area (Å²) in [7, 11) is 0. The molecule has 20 heavy (non-hydrogen) atoms. The van der Waals surface area contributed by atoms with Crippen LogP contribution in [0.1, 0.15) is 6.42 Å². The van der Waals surface area contributed by atoms with E-state index >= 15 is 0 Å². The Morgan fingerprint density at radius 3 is 3.15 bits per heavy atom. The quantitative estimate of drug-likeness (QED) is 0.804. The number of likely N-dealkylation sites (tertiary alicyclic amines) is 1. The Morgan fingerprint density at radius 2 is 2.40 bits per heavy atom. The number of hydrogen-bond donors (Lipinski definition) is 0. The highest BCUT2D eigenvalue weighted by molar-refractivity contribution is 5.76. The number of amides is 1. The van der Waals surface area contributed by atoms with E-state index in [1.54, 1.807) is 11.1 Å². The van der Waals surface area contributed by atoms with Crippen LogP contribution < -0.4 is 4.74 Å². The predicted molar refractivity (Wildman–Crippen MR) is 69.9 cm³/mol. The second-order valence-corrected chi connectivity index (χ2v) is 4.63. The van der Waals surface area contributed by atoms with Crippen LogP contribution in [0.25, 0.3) is 0 Å². The highest BCUT2D eigenvalue weighted by atomic mass is 16.5. The SMILES string of the molecule is O=C(Cn1cncn1)N1CC[C@@H](Oc2ccccn2)C1. The molecule has 1 amide bonds. The second-order valence-electron chi connectivity index (χ2n) is 4.63. The van der Waals surface area contributed by atoms with Gasteiger partial charge < -0.3 is 9.64 Å².